The highest BCUT2D eigenvalue weighted by Gasteiger charge is 2.23. The molecule has 1 aliphatic rings. The van der Waals surface area contributed by atoms with Crippen molar-refractivity contribution in [3.05, 3.63) is 46.2 Å². The number of nitro benzene ring substituents is 1. The van der Waals surface area contributed by atoms with Gasteiger partial charge in [0.25, 0.3) is 5.69 Å². The Morgan fingerprint density at radius 2 is 2.10 bits per heavy atom. The van der Waals surface area contributed by atoms with Crippen LogP contribution in [-0.4, -0.2) is 31.1 Å². The van der Waals surface area contributed by atoms with Crippen LogP contribution in [0.2, 0.25) is 0 Å². The van der Waals surface area contributed by atoms with Gasteiger partial charge < -0.3 is 14.6 Å². The minimum absolute atomic E-state index is 0.157. The van der Waals surface area contributed by atoms with Gasteiger partial charge in [-0.15, -0.1) is 0 Å². The summed E-state index contributed by atoms with van der Waals surface area (Å²) >= 11 is 0. The highest BCUT2D eigenvalue weighted by atomic mass is 16.6. The summed E-state index contributed by atoms with van der Waals surface area (Å²) in [7, 11) is 0. The summed E-state index contributed by atoms with van der Waals surface area (Å²) in [5, 5.41) is 14.6. The first-order valence-electron chi connectivity index (χ1n) is 6.95. The Bertz CT molecular complexity index is 646. The molecule has 0 radical (unpaired) electrons. The van der Waals surface area contributed by atoms with Crippen molar-refractivity contribution in [1.82, 2.24) is 5.32 Å². The van der Waals surface area contributed by atoms with Gasteiger partial charge in [-0.25, -0.2) is 0 Å². The van der Waals surface area contributed by atoms with Gasteiger partial charge in [0.2, 0.25) is 0 Å². The van der Waals surface area contributed by atoms with Crippen molar-refractivity contribution in [2.24, 2.45) is 0 Å². The maximum Gasteiger partial charge on any atom is 0.292 e. The number of aryl methyl sites for hydroxylation is 1. The van der Waals surface area contributed by atoms with E-state index in [0.29, 0.717) is 5.69 Å². The molecule has 0 spiro atoms. The number of rotatable bonds is 3. The summed E-state index contributed by atoms with van der Waals surface area (Å²) in [5.41, 5.74) is 2.57. The van der Waals surface area contributed by atoms with Crippen LogP contribution < -0.4 is 10.2 Å². The van der Waals surface area contributed by atoms with E-state index in [9.17, 15) is 10.1 Å². The summed E-state index contributed by atoms with van der Waals surface area (Å²) in [6, 6.07) is 7.20. The van der Waals surface area contributed by atoms with E-state index >= 15 is 0 Å². The second kappa shape index (κ2) is 5.57. The van der Waals surface area contributed by atoms with Gasteiger partial charge in [-0.2, -0.15) is 0 Å². The molecular weight excluding hydrogens is 270 g/mol. The van der Waals surface area contributed by atoms with E-state index in [1.54, 1.807) is 12.3 Å². The Hall–Kier alpha value is -2.34. The van der Waals surface area contributed by atoms with Gasteiger partial charge in [-0.05, 0) is 30.7 Å². The standard InChI is InChI=1S/C15H17N3O3/c1-11-9-14(18(19)20)13(17-6-4-16-5-7-17)10-12(11)15-3-2-8-21-15/h2-3,8-10,16H,4-7H2,1H3. The number of furan rings is 1. The van der Waals surface area contributed by atoms with E-state index in [-0.39, 0.29) is 10.6 Å². The Morgan fingerprint density at radius 3 is 2.71 bits per heavy atom. The number of piperazine rings is 1. The number of benzene rings is 1. The van der Waals surface area contributed by atoms with E-state index in [4.69, 9.17) is 4.42 Å². The number of nitrogens with one attached hydrogen (secondary N) is 1. The molecule has 1 aromatic carbocycles. The lowest BCUT2D eigenvalue weighted by molar-refractivity contribution is -0.384. The van der Waals surface area contributed by atoms with Crippen molar-refractivity contribution in [2.45, 2.75) is 6.92 Å². The topological polar surface area (TPSA) is 71.6 Å². The van der Waals surface area contributed by atoms with Crippen LogP contribution >= 0.6 is 0 Å². The first-order chi connectivity index (χ1) is 10.2. The van der Waals surface area contributed by atoms with Gasteiger partial charge in [0.05, 0.1) is 11.2 Å². The van der Waals surface area contributed by atoms with Crippen LogP contribution in [0.5, 0.6) is 0 Å². The molecular formula is C15H17N3O3. The Balaban J connectivity index is 2.10. The number of nitro groups is 1. The zero-order valence-electron chi connectivity index (χ0n) is 11.8. The fraction of sp³-hybridized carbons (Fsp3) is 0.333. The van der Waals surface area contributed by atoms with Crippen molar-refractivity contribution in [1.29, 1.82) is 0 Å². The first-order valence-corrected chi connectivity index (χ1v) is 6.95. The van der Waals surface area contributed by atoms with Gasteiger partial charge in [-0.1, -0.05) is 0 Å². The molecule has 0 atom stereocenters. The smallest absolute Gasteiger partial charge is 0.292 e. The van der Waals surface area contributed by atoms with Crippen LogP contribution in [-0.2, 0) is 0 Å². The molecule has 0 bridgehead atoms. The maximum absolute atomic E-state index is 11.4. The zero-order chi connectivity index (χ0) is 14.8. The monoisotopic (exact) mass is 287 g/mol. The number of hydrogen-bond acceptors (Lipinski definition) is 5. The summed E-state index contributed by atoms with van der Waals surface area (Å²) in [5.74, 6) is 0.735. The van der Waals surface area contributed by atoms with E-state index in [0.717, 1.165) is 43.1 Å². The quantitative estimate of drug-likeness (QED) is 0.694. The maximum atomic E-state index is 11.4. The lowest BCUT2D eigenvalue weighted by Crippen LogP contribution is -2.43. The number of hydrogen-bond donors (Lipinski definition) is 1. The predicted molar refractivity (Wildman–Crippen MR) is 80.6 cm³/mol. The summed E-state index contributed by atoms with van der Waals surface area (Å²) in [6.45, 7) is 5.07. The van der Waals surface area contributed by atoms with Gasteiger partial charge in [0.1, 0.15) is 11.4 Å². The number of anilines is 1. The third kappa shape index (κ3) is 2.62. The predicted octanol–water partition coefficient (Wildman–Crippen LogP) is 2.57. The normalized spacial score (nSPS) is 15.2. The van der Waals surface area contributed by atoms with E-state index in [1.807, 2.05) is 25.1 Å². The molecule has 0 amide bonds. The molecule has 1 aromatic heterocycles. The molecule has 2 aromatic rings. The molecule has 21 heavy (non-hydrogen) atoms. The lowest BCUT2D eigenvalue weighted by Gasteiger charge is -2.29. The highest BCUT2D eigenvalue weighted by Crippen LogP contribution is 2.36. The average molecular weight is 287 g/mol. The van der Waals surface area contributed by atoms with E-state index in [1.165, 1.54) is 0 Å². The van der Waals surface area contributed by atoms with Crippen LogP contribution in [0.3, 0.4) is 0 Å². The fourth-order valence-corrected chi connectivity index (χ4v) is 2.68. The van der Waals surface area contributed by atoms with Crippen molar-refractivity contribution < 1.29 is 9.34 Å². The molecule has 1 aliphatic heterocycles. The van der Waals surface area contributed by atoms with Crippen molar-refractivity contribution in [3.8, 4) is 11.3 Å². The van der Waals surface area contributed by atoms with Crippen LogP contribution in [0, 0.1) is 17.0 Å². The summed E-state index contributed by atoms with van der Waals surface area (Å²) in [6.07, 6.45) is 1.61. The molecule has 6 nitrogen and oxygen atoms in total. The molecule has 0 unspecified atom stereocenters. The molecule has 0 saturated carbocycles. The van der Waals surface area contributed by atoms with Crippen molar-refractivity contribution in [2.75, 3.05) is 31.1 Å². The van der Waals surface area contributed by atoms with Crippen LogP contribution in [0.1, 0.15) is 5.56 Å². The molecule has 3 rings (SSSR count). The largest absolute Gasteiger partial charge is 0.464 e. The van der Waals surface area contributed by atoms with Crippen LogP contribution in [0.15, 0.2) is 34.9 Å². The van der Waals surface area contributed by atoms with E-state index in [2.05, 4.69) is 10.2 Å². The van der Waals surface area contributed by atoms with Crippen molar-refractivity contribution >= 4 is 11.4 Å². The molecule has 1 N–H and O–H groups in total. The first kappa shape index (κ1) is 13.6. The van der Waals surface area contributed by atoms with Gasteiger partial charge in [-0.3, -0.25) is 10.1 Å². The third-order valence-corrected chi connectivity index (χ3v) is 3.76. The SMILES string of the molecule is Cc1cc([N+](=O)[O-])c(N2CCNCC2)cc1-c1ccco1. The van der Waals surface area contributed by atoms with Gasteiger partial charge in [0, 0.05) is 37.8 Å². The summed E-state index contributed by atoms with van der Waals surface area (Å²) < 4.78 is 5.44. The number of nitrogens with zero attached hydrogens (tertiary/aromatic N) is 2. The van der Waals surface area contributed by atoms with Crippen LogP contribution in [0.4, 0.5) is 11.4 Å². The summed E-state index contributed by atoms with van der Waals surface area (Å²) in [4.78, 5) is 13.1. The van der Waals surface area contributed by atoms with E-state index < -0.39 is 0 Å². The second-order valence-electron chi connectivity index (χ2n) is 5.13. The molecule has 1 fully saturated rings. The molecule has 110 valence electrons. The Labute approximate surface area is 122 Å². The minimum Gasteiger partial charge on any atom is -0.464 e. The second-order valence-corrected chi connectivity index (χ2v) is 5.13. The van der Waals surface area contributed by atoms with Crippen LogP contribution in [0.25, 0.3) is 11.3 Å². The molecule has 2 heterocycles. The molecule has 1 saturated heterocycles. The lowest BCUT2D eigenvalue weighted by atomic mass is 10.0. The average Bonchev–Trinajstić information content (AvgIpc) is 3.01. The molecule has 6 heteroatoms. The van der Waals surface area contributed by atoms with Crippen molar-refractivity contribution in [3.63, 3.8) is 0 Å². The van der Waals surface area contributed by atoms with Gasteiger partial charge in [0.15, 0.2) is 0 Å². The molecule has 0 aliphatic carbocycles. The zero-order valence-corrected chi connectivity index (χ0v) is 11.8. The third-order valence-electron chi connectivity index (χ3n) is 3.76. The minimum atomic E-state index is -0.309. The Morgan fingerprint density at radius 1 is 1.33 bits per heavy atom. The van der Waals surface area contributed by atoms with Gasteiger partial charge >= 0.3 is 0 Å². The highest BCUT2D eigenvalue weighted by molar-refractivity contribution is 5.75. The fourth-order valence-electron chi connectivity index (χ4n) is 2.68. The Kier molecular flexibility index (Phi) is 3.62.